The molecule has 0 fully saturated rings. The predicted molar refractivity (Wildman–Crippen MR) is 46.8 cm³/mol. The van der Waals surface area contributed by atoms with Crippen molar-refractivity contribution in [3.63, 3.8) is 0 Å². The molecule has 3 nitrogen and oxygen atoms in total. The molecule has 4 heteroatoms. The first-order chi connectivity index (χ1) is 4.92. The van der Waals surface area contributed by atoms with E-state index in [4.69, 9.17) is 0 Å². The highest BCUT2D eigenvalue weighted by molar-refractivity contribution is 6.83. The van der Waals surface area contributed by atoms with Gasteiger partial charge in [0.15, 0.2) is 0 Å². The van der Waals surface area contributed by atoms with Crippen molar-refractivity contribution in [2.24, 2.45) is 0 Å². The van der Waals surface area contributed by atoms with Crippen LogP contribution in [0.1, 0.15) is 6.92 Å². The fourth-order valence-corrected chi connectivity index (χ4v) is 4.68. The molecule has 1 rings (SSSR count). The van der Waals surface area contributed by atoms with Gasteiger partial charge in [-0.1, -0.05) is 18.8 Å². The van der Waals surface area contributed by atoms with Crippen molar-refractivity contribution in [2.45, 2.75) is 32.1 Å². The second-order valence-electron chi connectivity index (χ2n) is 3.88. The van der Waals surface area contributed by atoms with E-state index in [2.05, 4.69) is 18.8 Å². The third-order valence-corrected chi connectivity index (χ3v) is 4.79. The molecular formula is C7H13NO2Si. The molecule has 0 saturated heterocycles. The standard InChI is InChI=1S/C7H13NO2Si/c1-6-4-11(2,3)5-7(6)8(9)10/h4,7H,5H2,1-3H3. The van der Waals surface area contributed by atoms with Crippen LogP contribution in [0.4, 0.5) is 0 Å². The highest BCUT2D eigenvalue weighted by Crippen LogP contribution is 2.29. The maximum Gasteiger partial charge on any atom is 0.231 e. The molecule has 0 aromatic rings. The summed E-state index contributed by atoms with van der Waals surface area (Å²) in [6, 6.07) is 0.405. The van der Waals surface area contributed by atoms with Gasteiger partial charge in [-0.05, 0) is 12.5 Å². The van der Waals surface area contributed by atoms with E-state index in [0.29, 0.717) is 0 Å². The number of nitrogens with zero attached hydrogens (tertiary/aromatic N) is 1. The maximum absolute atomic E-state index is 10.5. The first-order valence-electron chi connectivity index (χ1n) is 3.75. The summed E-state index contributed by atoms with van der Waals surface area (Å²) >= 11 is 0. The highest BCUT2D eigenvalue weighted by Gasteiger charge is 2.38. The van der Waals surface area contributed by atoms with Crippen molar-refractivity contribution in [3.05, 3.63) is 21.4 Å². The topological polar surface area (TPSA) is 43.1 Å². The zero-order chi connectivity index (χ0) is 8.65. The molecule has 0 aromatic heterocycles. The van der Waals surface area contributed by atoms with E-state index in [9.17, 15) is 10.1 Å². The lowest BCUT2D eigenvalue weighted by Gasteiger charge is -2.10. The van der Waals surface area contributed by atoms with E-state index in [0.717, 1.165) is 11.6 Å². The molecule has 1 unspecified atom stereocenters. The van der Waals surface area contributed by atoms with Gasteiger partial charge in [-0.15, -0.1) is 0 Å². The lowest BCUT2D eigenvalue weighted by atomic mass is 10.2. The predicted octanol–water partition coefficient (Wildman–Crippen LogP) is 1.84. The van der Waals surface area contributed by atoms with Gasteiger partial charge in [0.25, 0.3) is 0 Å². The van der Waals surface area contributed by atoms with Crippen molar-refractivity contribution in [1.29, 1.82) is 0 Å². The van der Waals surface area contributed by atoms with Gasteiger partial charge in [0.1, 0.15) is 0 Å². The smallest absolute Gasteiger partial charge is 0.231 e. The summed E-state index contributed by atoms with van der Waals surface area (Å²) < 4.78 is 0. The number of hydrogen-bond donors (Lipinski definition) is 0. The molecule has 0 radical (unpaired) electrons. The van der Waals surface area contributed by atoms with Gasteiger partial charge in [0.2, 0.25) is 6.04 Å². The quantitative estimate of drug-likeness (QED) is 0.343. The van der Waals surface area contributed by atoms with E-state index < -0.39 is 8.07 Å². The van der Waals surface area contributed by atoms with Crippen LogP contribution in [0, 0.1) is 10.1 Å². The van der Waals surface area contributed by atoms with E-state index in [-0.39, 0.29) is 11.0 Å². The molecule has 0 aliphatic carbocycles. The minimum Gasteiger partial charge on any atom is -0.264 e. The third kappa shape index (κ3) is 1.68. The second-order valence-corrected chi connectivity index (χ2v) is 8.56. The summed E-state index contributed by atoms with van der Waals surface area (Å²) in [7, 11) is -1.33. The molecule has 0 bridgehead atoms. The van der Waals surface area contributed by atoms with Crippen LogP contribution < -0.4 is 0 Å². The first kappa shape index (κ1) is 8.45. The lowest BCUT2D eigenvalue weighted by Crippen LogP contribution is -2.25. The van der Waals surface area contributed by atoms with Gasteiger partial charge >= 0.3 is 0 Å². The molecule has 0 amide bonds. The van der Waals surface area contributed by atoms with Crippen LogP contribution in [0.3, 0.4) is 0 Å². The molecule has 0 spiro atoms. The largest absolute Gasteiger partial charge is 0.264 e. The van der Waals surface area contributed by atoms with Gasteiger partial charge < -0.3 is 0 Å². The van der Waals surface area contributed by atoms with Gasteiger partial charge in [0, 0.05) is 11.0 Å². The molecule has 1 atom stereocenters. The molecule has 1 aliphatic heterocycles. The van der Waals surface area contributed by atoms with E-state index in [1.807, 2.05) is 6.92 Å². The molecule has 1 aliphatic rings. The maximum atomic E-state index is 10.5. The van der Waals surface area contributed by atoms with Crippen molar-refractivity contribution in [2.75, 3.05) is 0 Å². The van der Waals surface area contributed by atoms with Crippen LogP contribution in [-0.4, -0.2) is 19.0 Å². The zero-order valence-electron chi connectivity index (χ0n) is 7.13. The average Bonchev–Trinajstić information content (AvgIpc) is 2.05. The van der Waals surface area contributed by atoms with E-state index in [1.165, 1.54) is 0 Å². The summed E-state index contributed by atoms with van der Waals surface area (Å²) in [6.07, 6.45) is 0. The van der Waals surface area contributed by atoms with Crippen LogP contribution in [0.25, 0.3) is 0 Å². The van der Waals surface area contributed by atoms with Gasteiger partial charge in [-0.2, -0.15) is 0 Å². The Morgan fingerprint density at radius 3 is 2.45 bits per heavy atom. The number of rotatable bonds is 1. The first-order valence-corrected chi connectivity index (χ1v) is 7.04. The Bertz CT molecular complexity index is 222. The summed E-state index contributed by atoms with van der Waals surface area (Å²) in [6.45, 7) is 6.20. The average molecular weight is 171 g/mol. The number of hydrogen-bond acceptors (Lipinski definition) is 2. The number of nitro groups is 1. The third-order valence-electron chi connectivity index (χ3n) is 2.12. The van der Waals surface area contributed by atoms with Crippen LogP contribution in [0.5, 0.6) is 0 Å². The van der Waals surface area contributed by atoms with Crippen LogP contribution in [-0.2, 0) is 0 Å². The molecule has 0 saturated carbocycles. The summed E-state index contributed by atoms with van der Waals surface area (Å²) in [5, 5.41) is 10.5. The van der Waals surface area contributed by atoms with Crippen LogP contribution in [0.15, 0.2) is 11.3 Å². The van der Waals surface area contributed by atoms with Gasteiger partial charge in [-0.3, -0.25) is 10.1 Å². The molecular weight excluding hydrogens is 158 g/mol. The molecule has 0 N–H and O–H groups in total. The Labute approximate surface area is 67.3 Å². The van der Waals surface area contributed by atoms with Crippen molar-refractivity contribution in [3.8, 4) is 0 Å². The fourth-order valence-electron chi connectivity index (χ4n) is 1.67. The minimum absolute atomic E-state index is 0.159. The highest BCUT2D eigenvalue weighted by atomic mass is 28.3. The molecule has 62 valence electrons. The van der Waals surface area contributed by atoms with Crippen molar-refractivity contribution in [1.82, 2.24) is 0 Å². The van der Waals surface area contributed by atoms with Crippen molar-refractivity contribution >= 4 is 8.07 Å². The monoisotopic (exact) mass is 171 g/mol. The van der Waals surface area contributed by atoms with Crippen molar-refractivity contribution < 1.29 is 4.92 Å². The van der Waals surface area contributed by atoms with Gasteiger partial charge in [0.05, 0.1) is 8.07 Å². The Hall–Kier alpha value is -0.643. The molecule has 11 heavy (non-hydrogen) atoms. The Morgan fingerprint density at radius 1 is 1.73 bits per heavy atom. The summed E-state index contributed by atoms with van der Waals surface area (Å²) in [5.41, 5.74) is 3.10. The van der Waals surface area contributed by atoms with Gasteiger partial charge in [-0.25, -0.2) is 0 Å². The minimum atomic E-state index is -1.33. The SMILES string of the molecule is CC1=C[Si](C)(C)CC1[N+](=O)[O-]. The molecule has 1 heterocycles. The molecule has 0 aromatic carbocycles. The summed E-state index contributed by atoms with van der Waals surface area (Å²) in [5.74, 6) is 0. The van der Waals surface area contributed by atoms with E-state index in [1.54, 1.807) is 0 Å². The second kappa shape index (κ2) is 2.44. The Balaban J connectivity index is 2.80. The van der Waals surface area contributed by atoms with E-state index >= 15 is 0 Å². The Morgan fingerprint density at radius 2 is 2.27 bits per heavy atom. The zero-order valence-corrected chi connectivity index (χ0v) is 8.13. The summed E-state index contributed by atoms with van der Waals surface area (Å²) in [4.78, 5) is 10.3. The van der Waals surface area contributed by atoms with Crippen LogP contribution in [0.2, 0.25) is 19.1 Å². The fraction of sp³-hybridized carbons (Fsp3) is 0.714. The normalized spacial score (nSPS) is 28.3. The lowest BCUT2D eigenvalue weighted by molar-refractivity contribution is -0.506. The van der Waals surface area contributed by atoms with Crippen LogP contribution >= 0.6 is 0 Å². The Kier molecular flexibility index (Phi) is 1.88.